The van der Waals surface area contributed by atoms with Gasteiger partial charge in [0.25, 0.3) is 0 Å². The average molecular weight is 221 g/mol. The highest BCUT2D eigenvalue weighted by Crippen LogP contribution is 2.24. The van der Waals surface area contributed by atoms with Gasteiger partial charge in [-0.2, -0.15) is 0 Å². The second kappa shape index (κ2) is 6.54. The Morgan fingerprint density at radius 3 is 2.62 bits per heavy atom. The van der Waals surface area contributed by atoms with E-state index in [0.29, 0.717) is 12.5 Å². The smallest absolute Gasteiger partial charge is 0.122 e. The van der Waals surface area contributed by atoms with E-state index in [9.17, 15) is 0 Å². The van der Waals surface area contributed by atoms with Gasteiger partial charge in [0.2, 0.25) is 0 Å². The topological polar surface area (TPSA) is 35.2 Å². The van der Waals surface area contributed by atoms with Crippen LogP contribution in [0.2, 0.25) is 0 Å². The van der Waals surface area contributed by atoms with Crippen LogP contribution in [0.15, 0.2) is 18.2 Å². The van der Waals surface area contributed by atoms with Gasteiger partial charge in [-0.1, -0.05) is 32.9 Å². The molecule has 0 atom stereocenters. The molecule has 0 aliphatic rings. The van der Waals surface area contributed by atoms with Crippen LogP contribution in [-0.4, -0.2) is 13.2 Å². The van der Waals surface area contributed by atoms with E-state index in [4.69, 9.17) is 10.5 Å². The number of rotatable bonds is 6. The molecule has 1 aromatic rings. The second-order valence-electron chi connectivity index (χ2n) is 4.41. The van der Waals surface area contributed by atoms with Crippen LogP contribution in [0.3, 0.4) is 0 Å². The summed E-state index contributed by atoms with van der Waals surface area (Å²) in [6, 6.07) is 6.45. The van der Waals surface area contributed by atoms with Crippen molar-refractivity contribution in [3.63, 3.8) is 0 Å². The largest absolute Gasteiger partial charge is 0.493 e. The monoisotopic (exact) mass is 221 g/mol. The van der Waals surface area contributed by atoms with Crippen LogP contribution in [-0.2, 0) is 6.42 Å². The van der Waals surface area contributed by atoms with Crippen molar-refractivity contribution in [1.82, 2.24) is 0 Å². The zero-order valence-electron chi connectivity index (χ0n) is 10.6. The molecule has 0 heterocycles. The van der Waals surface area contributed by atoms with Gasteiger partial charge in [-0.25, -0.2) is 0 Å². The molecule has 90 valence electrons. The Labute approximate surface area is 98.8 Å². The third-order valence-corrected chi connectivity index (χ3v) is 2.63. The van der Waals surface area contributed by atoms with Crippen molar-refractivity contribution >= 4 is 0 Å². The molecule has 0 saturated carbocycles. The highest BCUT2D eigenvalue weighted by Gasteiger charge is 2.06. The zero-order valence-corrected chi connectivity index (χ0v) is 10.6. The fourth-order valence-corrected chi connectivity index (χ4v) is 1.66. The number of hydrogen-bond donors (Lipinski definition) is 1. The van der Waals surface area contributed by atoms with E-state index in [0.717, 1.165) is 25.2 Å². The van der Waals surface area contributed by atoms with E-state index in [1.54, 1.807) is 0 Å². The molecule has 0 aliphatic heterocycles. The molecule has 0 amide bonds. The SMILES string of the molecule is CCCOc1ccc(C(C)C)cc1CCN. The third-order valence-electron chi connectivity index (χ3n) is 2.63. The molecule has 2 nitrogen and oxygen atoms in total. The van der Waals surface area contributed by atoms with Gasteiger partial charge < -0.3 is 10.5 Å². The fraction of sp³-hybridized carbons (Fsp3) is 0.571. The number of nitrogens with two attached hydrogens (primary N) is 1. The minimum Gasteiger partial charge on any atom is -0.493 e. The molecular formula is C14H23NO. The summed E-state index contributed by atoms with van der Waals surface area (Å²) in [7, 11) is 0. The lowest BCUT2D eigenvalue weighted by Gasteiger charge is -2.13. The number of ether oxygens (including phenoxy) is 1. The van der Waals surface area contributed by atoms with E-state index >= 15 is 0 Å². The Morgan fingerprint density at radius 1 is 1.31 bits per heavy atom. The molecule has 0 bridgehead atoms. The molecule has 1 rings (SSSR count). The van der Waals surface area contributed by atoms with E-state index in [-0.39, 0.29) is 0 Å². The van der Waals surface area contributed by atoms with Crippen LogP contribution in [0, 0.1) is 0 Å². The van der Waals surface area contributed by atoms with Crippen LogP contribution in [0.5, 0.6) is 5.75 Å². The summed E-state index contributed by atoms with van der Waals surface area (Å²) in [4.78, 5) is 0. The predicted octanol–water partition coefficient (Wildman–Crippen LogP) is 3.10. The predicted molar refractivity (Wildman–Crippen MR) is 69.1 cm³/mol. The first-order chi connectivity index (χ1) is 7.69. The summed E-state index contributed by atoms with van der Waals surface area (Å²) in [5.41, 5.74) is 8.22. The molecule has 2 heteroatoms. The molecule has 16 heavy (non-hydrogen) atoms. The Bertz CT molecular complexity index is 321. The van der Waals surface area contributed by atoms with E-state index in [1.807, 2.05) is 0 Å². The second-order valence-corrected chi connectivity index (χ2v) is 4.41. The van der Waals surface area contributed by atoms with Gasteiger partial charge in [-0.05, 0) is 42.5 Å². The maximum Gasteiger partial charge on any atom is 0.122 e. The summed E-state index contributed by atoms with van der Waals surface area (Å²) in [6.07, 6.45) is 1.92. The molecule has 0 aliphatic carbocycles. The van der Waals surface area contributed by atoms with Crippen LogP contribution in [0.1, 0.15) is 44.2 Å². The number of benzene rings is 1. The normalized spacial score (nSPS) is 10.8. The van der Waals surface area contributed by atoms with E-state index in [2.05, 4.69) is 39.0 Å². The van der Waals surface area contributed by atoms with Gasteiger partial charge in [0.1, 0.15) is 5.75 Å². The van der Waals surface area contributed by atoms with Gasteiger partial charge in [0.05, 0.1) is 6.61 Å². The Morgan fingerprint density at radius 2 is 2.06 bits per heavy atom. The van der Waals surface area contributed by atoms with Crippen molar-refractivity contribution < 1.29 is 4.74 Å². The van der Waals surface area contributed by atoms with Gasteiger partial charge >= 0.3 is 0 Å². The van der Waals surface area contributed by atoms with Crippen molar-refractivity contribution in [2.24, 2.45) is 5.73 Å². The molecule has 2 N–H and O–H groups in total. The first kappa shape index (κ1) is 13.0. The molecule has 0 radical (unpaired) electrons. The van der Waals surface area contributed by atoms with Crippen molar-refractivity contribution in [3.05, 3.63) is 29.3 Å². The maximum absolute atomic E-state index is 5.72. The molecule has 0 spiro atoms. The lowest BCUT2D eigenvalue weighted by atomic mass is 9.99. The van der Waals surface area contributed by atoms with Crippen molar-refractivity contribution in [3.8, 4) is 5.75 Å². The summed E-state index contributed by atoms with van der Waals surface area (Å²) in [6.45, 7) is 7.97. The zero-order chi connectivity index (χ0) is 12.0. The lowest BCUT2D eigenvalue weighted by Crippen LogP contribution is -2.06. The summed E-state index contributed by atoms with van der Waals surface area (Å²) in [5.74, 6) is 1.55. The van der Waals surface area contributed by atoms with Gasteiger partial charge in [-0.3, -0.25) is 0 Å². The Hall–Kier alpha value is -1.02. The minimum atomic E-state index is 0.553. The van der Waals surface area contributed by atoms with Gasteiger partial charge in [-0.15, -0.1) is 0 Å². The standard InChI is InChI=1S/C14H23NO/c1-4-9-16-14-6-5-12(11(2)3)10-13(14)7-8-15/h5-6,10-11H,4,7-9,15H2,1-3H3. The highest BCUT2D eigenvalue weighted by atomic mass is 16.5. The minimum absolute atomic E-state index is 0.553. The first-order valence-corrected chi connectivity index (χ1v) is 6.14. The third kappa shape index (κ3) is 3.53. The van der Waals surface area contributed by atoms with Crippen molar-refractivity contribution in [2.75, 3.05) is 13.2 Å². The molecule has 1 aromatic carbocycles. The summed E-state index contributed by atoms with van der Waals surface area (Å²) < 4.78 is 5.72. The quantitative estimate of drug-likeness (QED) is 0.801. The van der Waals surface area contributed by atoms with Crippen LogP contribution in [0.25, 0.3) is 0 Å². The fourth-order valence-electron chi connectivity index (χ4n) is 1.66. The highest BCUT2D eigenvalue weighted by molar-refractivity contribution is 5.38. The van der Waals surface area contributed by atoms with E-state index < -0.39 is 0 Å². The molecular weight excluding hydrogens is 198 g/mol. The summed E-state index contributed by atoms with van der Waals surface area (Å²) in [5, 5.41) is 0. The van der Waals surface area contributed by atoms with Gasteiger partial charge in [0.15, 0.2) is 0 Å². The molecule has 0 unspecified atom stereocenters. The van der Waals surface area contributed by atoms with Crippen molar-refractivity contribution in [2.45, 2.75) is 39.5 Å². The van der Waals surface area contributed by atoms with Crippen molar-refractivity contribution in [1.29, 1.82) is 0 Å². The molecule has 0 saturated heterocycles. The first-order valence-electron chi connectivity index (χ1n) is 6.14. The molecule has 0 fully saturated rings. The summed E-state index contributed by atoms with van der Waals surface area (Å²) >= 11 is 0. The molecule has 0 aromatic heterocycles. The Kier molecular flexibility index (Phi) is 5.33. The van der Waals surface area contributed by atoms with E-state index in [1.165, 1.54) is 11.1 Å². The Balaban J connectivity index is 2.89. The number of hydrogen-bond acceptors (Lipinski definition) is 2. The van der Waals surface area contributed by atoms with Crippen LogP contribution >= 0.6 is 0 Å². The average Bonchev–Trinajstić information content (AvgIpc) is 2.27. The maximum atomic E-state index is 5.72. The van der Waals surface area contributed by atoms with Crippen LogP contribution < -0.4 is 10.5 Å². The van der Waals surface area contributed by atoms with Gasteiger partial charge in [0, 0.05) is 0 Å². The van der Waals surface area contributed by atoms with Crippen LogP contribution in [0.4, 0.5) is 0 Å². The lowest BCUT2D eigenvalue weighted by molar-refractivity contribution is 0.314.